The molecule has 2 saturated heterocycles. The Morgan fingerprint density at radius 2 is 2.24 bits per heavy atom. The number of nitrogens with two attached hydrogens (primary N) is 1. The topological polar surface area (TPSA) is 162 Å². The highest BCUT2D eigenvalue weighted by atomic mass is 31.2. The molecule has 15 heteroatoms. The van der Waals surface area contributed by atoms with Crippen molar-refractivity contribution in [1.82, 2.24) is 24.6 Å². The quantitative estimate of drug-likeness (QED) is 0.427. The van der Waals surface area contributed by atoms with Gasteiger partial charge in [-0.15, -0.1) is 0 Å². The van der Waals surface area contributed by atoms with E-state index in [4.69, 9.17) is 29.0 Å². The molecule has 2 aliphatic heterocycles. The van der Waals surface area contributed by atoms with Crippen LogP contribution in [0.3, 0.4) is 0 Å². The fourth-order valence-corrected chi connectivity index (χ4v) is 5.26. The molecule has 0 radical (unpaired) electrons. The number of aromatic nitrogens is 4. The zero-order valence-corrected chi connectivity index (χ0v) is 19.5. The first-order valence-electron chi connectivity index (χ1n) is 10.4. The molecule has 0 unspecified atom stereocenters. The van der Waals surface area contributed by atoms with Crippen LogP contribution < -0.4 is 15.6 Å². The highest BCUT2D eigenvalue weighted by Gasteiger charge is 2.61. The first kappa shape index (κ1) is 23.8. The molecule has 3 N–H and O–H groups in total. The zero-order chi connectivity index (χ0) is 24.0. The lowest BCUT2D eigenvalue weighted by atomic mass is 9.98. The van der Waals surface area contributed by atoms with E-state index in [1.807, 2.05) is 0 Å². The van der Waals surface area contributed by atoms with Gasteiger partial charge in [0.1, 0.15) is 18.8 Å². The number of nitrogens with one attached hydrogen (secondary N) is 1. The molecule has 5 atom stereocenters. The number of fused-ring (bicyclic) bond motifs is 2. The van der Waals surface area contributed by atoms with Crippen LogP contribution in [0, 0.1) is 0 Å². The van der Waals surface area contributed by atoms with Crippen molar-refractivity contribution >= 4 is 30.8 Å². The van der Waals surface area contributed by atoms with E-state index < -0.39 is 44.4 Å². The third-order valence-corrected chi connectivity index (χ3v) is 6.61. The average molecular weight is 488 g/mol. The zero-order valence-electron chi connectivity index (χ0n) is 18.6. The fraction of sp³-hybridized carbons (Fsp3) is 0.667. The van der Waals surface area contributed by atoms with E-state index >= 15 is 4.39 Å². The number of nitrogen functional groups attached to an aromatic ring is 1. The van der Waals surface area contributed by atoms with Crippen LogP contribution in [0.1, 0.15) is 33.9 Å². The molecule has 2 aromatic rings. The van der Waals surface area contributed by atoms with Gasteiger partial charge in [-0.2, -0.15) is 9.97 Å². The van der Waals surface area contributed by atoms with Gasteiger partial charge in [0.05, 0.1) is 25.6 Å². The van der Waals surface area contributed by atoms with Crippen LogP contribution in [-0.2, 0) is 27.9 Å². The number of imidazole rings is 1. The largest absolute Gasteiger partial charge is 0.476 e. The third-order valence-electron chi connectivity index (χ3n) is 5.07. The molecule has 2 aromatic heterocycles. The summed E-state index contributed by atoms with van der Waals surface area (Å²) in [5.41, 5.74) is 4.10. The number of rotatable bonds is 7. The predicted molar refractivity (Wildman–Crippen MR) is 112 cm³/mol. The molecule has 182 valence electrons. The Bertz CT molecular complexity index is 1100. The Hall–Kier alpha value is -2.38. The van der Waals surface area contributed by atoms with E-state index in [0.717, 1.165) is 0 Å². The standard InChI is InChI=1S/C18H26FN6O7P/c1-5-28-15-12-14(23-17(20)24-15)25(8-21-12)16-18(4,19)13-10(31-16)7-29-33(27,32-13)22-6-11(26)30-9(2)3/h8-10,13,16H,5-7H2,1-4H3,(H,22,27)(H2,20,23,24)/t10-,13-,16-,18-,33+/m1/s1. The van der Waals surface area contributed by atoms with Gasteiger partial charge in [-0.25, -0.2) is 19.0 Å². The molecule has 0 aromatic carbocycles. The number of esters is 1. The molecule has 2 aliphatic rings. The van der Waals surface area contributed by atoms with Gasteiger partial charge >= 0.3 is 13.7 Å². The minimum atomic E-state index is -4.00. The Balaban J connectivity index is 1.57. The maximum absolute atomic E-state index is 16.1. The molecular formula is C18H26FN6O7P. The summed E-state index contributed by atoms with van der Waals surface area (Å²) < 4.78 is 57.5. The molecule has 13 nitrogen and oxygen atoms in total. The summed E-state index contributed by atoms with van der Waals surface area (Å²) in [5.74, 6) is -0.563. The lowest BCUT2D eigenvalue weighted by Gasteiger charge is -2.34. The van der Waals surface area contributed by atoms with Crippen LogP contribution in [-0.4, -0.2) is 69.2 Å². The van der Waals surface area contributed by atoms with Crippen LogP contribution in [0.25, 0.3) is 11.2 Å². The SMILES string of the molecule is CCOc1nc(N)nc2c1ncn2[C@@H]1O[C@@H]2CO[P@@](=O)(NCC(=O)OC(C)C)O[C@H]2[C@@]1(C)F. The number of alkyl halides is 1. The van der Waals surface area contributed by atoms with Gasteiger partial charge in [0.25, 0.3) is 0 Å². The Morgan fingerprint density at radius 3 is 2.94 bits per heavy atom. The molecule has 2 fully saturated rings. The van der Waals surface area contributed by atoms with Crippen LogP contribution in [0.5, 0.6) is 5.88 Å². The summed E-state index contributed by atoms with van der Waals surface area (Å²) in [4.78, 5) is 24.2. The second-order valence-electron chi connectivity index (χ2n) is 8.01. The van der Waals surface area contributed by atoms with Gasteiger partial charge in [-0.3, -0.25) is 18.4 Å². The smallest absolute Gasteiger partial charge is 0.406 e. The van der Waals surface area contributed by atoms with Gasteiger partial charge in [0, 0.05) is 0 Å². The molecule has 0 amide bonds. The minimum absolute atomic E-state index is 0.0785. The van der Waals surface area contributed by atoms with Gasteiger partial charge in [-0.05, 0) is 27.7 Å². The van der Waals surface area contributed by atoms with Crippen molar-refractivity contribution in [2.75, 3.05) is 25.5 Å². The van der Waals surface area contributed by atoms with Crippen LogP contribution in [0.2, 0.25) is 0 Å². The normalized spacial score (nSPS) is 31.6. The number of carbonyl (C=O) groups excluding carboxylic acids is 1. The molecule has 0 saturated carbocycles. The Labute approximate surface area is 188 Å². The van der Waals surface area contributed by atoms with Crippen molar-refractivity contribution in [1.29, 1.82) is 0 Å². The molecule has 0 bridgehead atoms. The number of anilines is 1. The number of hydrogen-bond acceptors (Lipinski definition) is 11. The van der Waals surface area contributed by atoms with Crippen LogP contribution >= 0.6 is 7.75 Å². The van der Waals surface area contributed by atoms with Crippen molar-refractivity contribution in [2.24, 2.45) is 0 Å². The predicted octanol–water partition coefficient (Wildman–Crippen LogP) is 1.50. The van der Waals surface area contributed by atoms with Crippen molar-refractivity contribution in [3.05, 3.63) is 6.33 Å². The third kappa shape index (κ3) is 4.53. The lowest BCUT2D eigenvalue weighted by molar-refractivity contribution is -0.146. The maximum Gasteiger partial charge on any atom is 0.406 e. The monoisotopic (exact) mass is 488 g/mol. The second kappa shape index (κ2) is 8.76. The number of carbonyl (C=O) groups is 1. The van der Waals surface area contributed by atoms with Gasteiger partial charge < -0.3 is 19.9 Å². The summed E-state index contributed by atoms with van der Waals surface area (Å²) in [6.45, 7) is 6.06. The van der Waals surface area contributed by atoms with Crippen LogP contribution in [0.4, 0.5) is 10.3 Å². The van der Waals surface area contributed by atoms with E-state index in [9.17, 15) is 9.36 Å². The highest BCUT2D eigenvalue weighted by Crippen LogP contribution is 2.56. The molecule has 33 heavy (non-hydrogen) atoms. The summed E-state index contributed by atoms with van der Waals surface area (Å²) in [7, 11) is -4.00. The number of hydrogen-bond donors (Lipinski definition) is 2. The second-order valence-corrected chi connectivity index (χ2v) is 9.80. The molecular weight excluding hydrogens is 462 g/mol. The maximum atomic E-state index is 16.1. The van der Waals surface area contributed by atoms with E-state index in [0.29, 0.717) is 6.61 Å². The van der Waals surface area contributed by atoms with Gasteiger partial charge in [0.15, 0.2) is 23.1 Å². The number of ether oxygens (including phenoxy) is 3. The fourth-order valence-electron chi connectivity index (χ4n) is 3.73. The van der Waals surface area contributed by atoms with Crippen molar-refractivity contribution in [3.63, 3.8) is 0 Å². The Kier molecular flexibility index (Phi) is 6.31. The van der Waals surface area contributed by atoms with Crippen molar-refractivity contribution < 1.29 is 37.0 Å². The summed E-state index contributed by atoms with van der Waals surface area (Å²) in [5, 5.41) is 2.40. The molecule has 0 spiro atoms. The lowest BCUT2D eigenvalue weighted by Crippen LogP contribution is -2.46. The van der Waals surface area contributed by atoms with E-state index in [-0.39, 0.29) is 35.7 Å². The van der Waals surface area contributed by atoms with Crippen molar-refractivity contribution in [2.45, 2.75) is 57.9 Å². The summed E-state index contributed by atoms with van der Waals surface area (Å²) in [6, 6.07) is 0. The first-order valence-corrected chi connectivity index (χ1v) is 11.9. The summed E-state index contributed by atoms with van der Waals surface area (Å²) in [6.07, 6.45) is -2.40. The van der Waals surface area contributed by atoms with Gasteiger partial charge in [0.2, 0.25) is 11.8 Å². The molecule has 4 rings (SSSR count). The summed E-state index contributed by atoms with van der Waals surface area (Å²) >= 11 is 0. The van der Waals surface area contributed by atoms with E-state index in [2.05, 4.69) is 20.0 Å². The van der Waals surface area contributed by atoms with Crippen LogP contribution in [0.15, 0.2) is 6.33 Å². The number of halogens is 1. The van der Waals surface area contributed by atoms with Gasteiger partial charge in [-0.1, -0.05) is 0 Å². The molecule has 4 heterocycles. The number of nitrogens with zero attached hydrogens (tertiary/aromatic N) is 4. The highest BCUT2D eigenvalue weighted by molar-refractivity contribution is 7.51. The van der Waals surface area contributed by atoms with E-state index in [1.165, 1.54) is 17.8 Å². The average Bonchev–Trinajstić information content (AvgIpc) is 3.24. The minimum Gasteiger partial charge on any atom is -0.476 e. The van der Waals surface area contributed by atoms with Crippen molar-refractivity contribution in [3.8, 4) is 5.88 Å². The first-order chi connectivity index (χ1) is 15.5. The molecule has 0 aliphatic carbocycles. The van der Waals surface area contributed by atoms with E-state index in [1.54, 1.807) is 20.8 Å². The Morgan fingerprint density at radius 1 is 1.48 bits per heavy atom.